The van der Waals surface area contributed by atoms with Gasteiger partial charge in [-0.3, -0.25) is 0 Å². The molecule has 0 aliphatic rings. The summed E-state index contributed by atoms with van der Waals surface area (Å²) in [5.74, 6) is -3.65. The maximum atomic E-state index is 14.4. The Morgan fingerprint density at radius 2 is 1.67 bits per heavy atom. The molecule has 0 aliphatic heterocycles. The van der Waals surface area contributed by atoms with Gasteiger partial charge in [0.05, 0.1) is 29.9 Å². The average molecular weight is 433 g/mol. The highest BCUT2D eigenvalue weighted by molar-refractivity contribution is 5.92. The van der Waals surface area contributed by atoms with Crippen LogP contribution in [0.2, 0.25) is 0 Å². The molecule has 1 rings (SSSR count). The van der Waals surface area contributed by atoms with Gasteiger partial charge in [-0.05, 0) is 39.0 Å². The van der Waals surface area contributed by atoms with Crippen LogP contribution in [0.3, 0.4) is 0 Å². The highest BCUT2D eigenvalue weighted by Crippen LogP contribution is 2.18. The second-order valence-electron chi connectivity index (χ2n) is 7.87. The maximum absolute atomic E-state index is 14.4. The van der Waals surface area contributed by atoms with E-state index in [9.17, 15) is 24.1 Å². The van der Waals surface area contributed by atoms with Crippen LogP contribution in [-0.2, 0) is 6.54 Å². The van der Waals surface area contributed by atoms with Gasteiger partial charge in [-0.1, -0.05) is 22.2 Å². The highest BCUT2D eigenvalue weighted by atomic mass is 19.3. The van der Waals surface area contributed by atoms with E-state index < -0.39 is 41.0 Å². The quantitative estimate of drug-likeness (QED) is 0.171. The van der Waals surface area contributed by atoms with Crippen LogP contribution in [0.5, 0.6) is 0 Å². The van der Waals surface area contributed by atoms with Crippen LogP contribution >= 0.6 is 0 Å². The third kappa shape index (κ3) is 6.69. The number of aromatic nitrogens is 2. The zero-order valence-electron chi connectivity index (χ0n) is 17.7. The predicted octanol–water partition coefficient (Wildman–Crippen LogP) is 2.23. The summed E-state index contributed by atoms with van der Waals surface area (Å²) >= 11 is 0. The fraction of sp³-hybridized carbons (Fsp3) is 0.706. The second kappa shape index (κ2) is 9.89. The number of alkyl halides is 2. The molecular weight excluding hydrogens is 404 g/mol. The Labute approximate surface area is 173 Å². The average Bonchev–Trinajstić information content (AvgIpc) is 3.12. The Morgan fingerprint density at radius 3 is 2.10 bits per heavy atom. The molecule has 0 saturated heterocycles. The van der Waals surface area contributed by atoms with Gasteiger partial charge in [0.1, 0.15) is 24.7 Å². The van der Waals surface area contributed by atoms with Crippen molar-refractivity contribution < 1.29 is 24.1 Å². The Hall–Kier alpha value is -2.67. The summed E-state index contributed by atoms with van der Waals surface area (Å²) in [5, 5.41) is 41.0. The Kier molecular flexibility index (Phi) is 8.36. The molecule has 1 heterocycles. The van der Waals surface area contributed by atoms with E-state index in [-0.39, 0.29) is 12.3 Å². The van der Waals surface area contributed by atoms with Crippen molar-refractivity contribution in [2.75, 3.05) is 13.1 Å². The predicted molar refractivity (Wildman–Crippen MR) is 107 cm³/mol. The number of hydrogen-bond acceptors (Lipinski definition) is 9. The van der Waals surface area contributed by atoms with Gasteiger partial charge in [-0.15, -0.1) is 0 Å². The molecule has 0 bridgehead atoms. The minimum absolute atomic E-state index is 0.00775. The van der Waals surface area contributed by atoms with E-state index in [4.69, 9.17) is 5.21 Å². The van der Waals surface area contributed by atoms with Crippen molar-refractivity contribution in [2.24, 2.45) is 10.3 Å². The van der Waals surface area contributed by atoms with Crippen LogP contribution in [0, 0.1) is 10.1 Å². The lowest BCUT2D eigenvalue weighted by molar-refractivity contribution is -0.396. The molecule has 0 atom stereocenters. The Balaban J connectivity index is 2.79. The molecule has 0 fully saturated rings. The second-order valence-corrected chi connectivity index (χ2v) is 7.87. The van der Waals surface area contributed by atoms with Gasteiger partial charge in [-0.2, -0.15) is 0 Å². The largest absolute Gasteiger partial charge is 0.434 e. The lowest BCUT2D eigenvalue weighted by atomic mass is 9.95. The number of hydrogen-bond donors (Lipinski definition) is 4. The summed E-state index contributed by atoms with van der Waals surface area (Å²) in [4.78, 5) is 13.9. The minimum Gasteiger partial charge on any atom is -0.411 e. The van der Waals surface area contributed by atoms with Crippen molar-refractivity contribution in [3.8, 4) is 0 Å². The fourth-order valence-electron chi connectivity index (χ4n) is 2.72. The number of nitro groups is 1. The summed E-state index contributed by atoms with van der Waals surface area (Å²) in [6.45, 7) is 6.39. The van der Waals surface area contributed by atoms with E-state index in [0.717, 1.165) is 4.57 Å². The molecule has 0 saturated carbocycles. The van der Waals surface area contributed by atoms with Crippen LogP contribution in [0.15, 0.2) is 22.7 Å². The first-order valence-electron chi connectivity index (χ1n) is 9.26. The fourth-order valence-corrected chi connectivity index (χ4v) is 2.72. The number of nitrogens with one attached hydrogen (secondary N) is 2. The van der Waals surface area contributed by atoms with Crippen LogP contribution in [-0.4, -0.2) is 66.4 Å². The van der Waals surface area contributed by atoms with Gasteiger partial charge in [0, 0.05) is 0 Å². The lowest BCUT2D eigenvalue weighted by Crippen LogP contribution is -2.56. The standard InChI is InChI=1S/C17H29F2N7O4/c1-6-12(23-27)15(2,3)21-10-17(18,19)11-22-16(4,5)13(24-28)9-25-8-7-20-14(25)26(29)30/h7-8,21-22,27-28H,6,9-11H2,1-5H3/b23-12+,24-13-. The number of oxime groups is 2. The van der Waals surface area contributed by atoms with Gasteiger partial charge in [0.2, 0.25) is 0 Å². The number of nitrogens with zero attached hydrogens (tertiary/aromatic N) is 5. The van der Waals surface area contributed by atoms with Gasteiger partial charge in [-0.25, -0.2) is 13.3 Å². The van der Waals surface area contributed by atoms with Gasteiger partial charge >= 0.3 is 5.95 Å². The van der Waals surface area contributed by atoms with Crippen molar-refractivity contribution in [3.63, 3.8) is 0 Å². The van der Waals surface area contributed by atoms with E-state index in [1.54, 1.807) is 20.8 Å². The SMILES string of the molecule is CC/C(=N\O)C(C)(C)NCC(F)(F)CNC(C)(C)/C(Cn1ccnc1[N+](=O)[O-])=N\O. The molecule has 1 aromatic rings. The number of imidazole rings is 1. The van der Waals surface area contributed by atoms with E-state index in [1.165, 1.54) is 26.2 Å². The monoisotopic (exact) mass is 433 g/mol. The molecule has 0 amide bonds. The zero-order chi connectivity index (χ0) is 23.2. The van der Waals surface area contributed by atoms with Crippen LogP contribution < -0.4 is 10.6 Å². The van der Waals surface area contributed by atoms with E-state index in [0.29, 0.717) is 12.1 Å². The molecule has 13 heteroatoms. The van der Waals surface area contributed by atoms with E-state index in [2.05, 4.69) is 25.9 Å². The zero-order valence-corrected chi connectivity index (χ0v) is 17.7. The Morgan fingerprint density at radius 1 is 1.17 bits per heavy atom. The topological polar surface area (TPSA) is 150 Å². The van der Waals surface area contributed by atoms with Crippen LogP contribution in [0.1, 0.15) is 41.0 Å². The smallest absolute Gasteiger partial charge is 0.411 e. The molecule has 0 radical (unpaired) electrons. The van der Waals surface area contributed by atoms with Crippen molar-refractivity contribution in [1.82, 2.24) is 20.2 Å². The van der Waals surface area contributed by atoms with Gasteiger partial charge in [0.25, 0.3) is 5.92 Å². The normalized spacial score (nSPS) is 14.2. The summed E-state index contributed by atoms with van der Waals surface area (Å²) in [7, 11) is 0. The number of rotatable bonds is 12. The molecule has 0 unspecified atom stereocenters. The first-order valence-corrected chi connectivity index (χ1v) is 9.26. The third-order valence-electron chi connectivity index (χ3n) is 4.77. The molecule has 0 aromatic carbocycles. The Bertz CT molecular complexity index is 791. The summed E-state index contributed by atoms with van der Waals surface area (Å²) in [6, 6.07) is 0. The summed E-state index contributed by atoms with van der Waals surface area (Å²) in [5.41, 5.74) is -1.79. The minimum atomic E-state index is -3.19. The molecule has 30 heavy (non-hydrogen) atoms. The first kappa shape index (κ1) is 25.4. The first-order chi connectivity index (χ1) is 13.8. The molecule has 1 aromatic heterocycles. The molecule has 0 aliphatic carbocycles. The van der Waals surface area contributed by atoms with E-state index in [1.807, 2.05) is 0 Å². The third-order valence-corrected chi connectivity index (χ3v) is 4.77. The van der Waals surface area contributed by atoms with Crippen LogP contribution in [0.4, 0.5) is 14.7 Å². The van der Waals surface area contributed by atoms with Crippen molar-refractivity contribution >= 4 is 17.4 Å². The van der Waals surface area contributed by atoms with Crippen molar-refractivity contribution in [2.45, 2.75) is 64.6 Å². The van der Waals surface area contributed by atoms with Gasteiger partial charge < -0.3 is 31.2 Å². The molecule has 0 spiro atoms. The van der Waals surface area contributed by atoms with Crippen molar-refractivity contribution in [3.05, 3.63) is 22.5 Å². The molecular formula is C17H29F2N7O4. The molecule has 11 nitrogen and oxygen atoms in total. The highest BCUT2D eigenvalue weighted by Gasteiger charge is 2.37. The van der Waals surface area contributed by atoms with Crippen LogP contribution in [0.25, 0.3) is 0 Å². The maximum Gasteiger partial charge on any atom is 0.434 e. The van der Waals surface area contributed by atoms with Gasteiger partial charge in [0.15, 0.2) is 0 Å². The molecule has 170 valence electrons. The summed E-state index contributed by atoms with van der Waals surface area (Å²) < 4.78 is 30.0. The summed E-state index contributed by atoms with van der Waals surface area (Å²) in [6.07, 6.45) is 2.94. The molecule has 4 N–H and O–H groups in total. The van der Waals surface area contributed by atoms with E-state index >= 15 is 0 Å². The lowest BCUT2D eigenvalue weighted by Gasteiger charge is -2.32. The number of halogens is 2. The van der Waals surface area contributed by atoms with Crippen molar-refractivity contribution in [1.29, 1.82) is 0 Å².